The lowest BCUT2D eigenvalue weighted by molar-refractivity contribution is 0.281. The average molecular weight is 193 g/mol. The highest BCUT2D eigenvalue weighted by molar-refractivity contribution is 6.73. The Morgan fingerprint density at radius 3 is 2.23 bits per heavy atom. The van der Waals surface area contributed by atoms with E-state index in [9.17, 15) is 17.3 Å². The van der Waals surface area contributed by atoms with E-state index in [1.54, 1.807) is 0 Å². The van der Waals surface area contributed by atoms with Crippen LogP contribution in [0.3, 0.4) is 0 Å². The van der Waals surface area contributed by atoms with Crippen LogP contribution < -0.4 is 5.46 Å². The zero-order chi connectivity index (χ0) is 10.1. The molecular weight excluding hydrogens is 187 g/mol. The first kappa shape index (κ1) is 10.0. The Bertz CT molecular complexity index is 310. The molecule has 0 heterocycles. The molecule has 6 heteroatoms. The largest absolute Gasteiger partial charge is 0.512 e. The van der Waals surface area contributed by atoms with E-state index in [1.165, 1.54) is 0 Å². The van der Waals surface area contributed by atoms with Crippen LogP contribution >= 0.6 is 0 Å². The highest BCUT2D eigenvalue weighted by atomic mass is 19.4. The molecule has 1 nitrogen and oxygen atoms in total. The van der Waals surface area contributed by atoms with Crippen LogP contribution in [-0.4, -0.2) is 12.1 Å². The molecule has 0 amide bonds. The van der Waals surface area contributed by atoms with Crippen molar-refractivity contribution < 1.29 is 22.4 Å². The summed E-state index contributed by atoms with van der Waals surface area (Å²) in [7, 11) is 0. The van der Waals surface area contributed by atoms with Gasteiger partial charge in [0.15, 0.2) is 0 Å². The first-order valence-corrected chi connectivity index (χ1v) is 3.54. The van der Waals surface area contributed by atoms with Crippen LogP contribution in [0.4, 0.5) is 17.3 Å². The molecule has 0 spiro atoms. The number of aliphatic hydroxyl groups is 1. The molecule has 0 aliphatic rings. The number of rotatable bonds is 2. The molecule has 0 saturated heterocycles. The first-order valence-electron chi connectivity index (χ1n) is 3.54. The van der Waals surface area contributed by atoms with Gasteiger partial charge in [-0.25, -0.2) is 4.39 Å². The summed E-state index contributed by atoms with van der Waals surface area (Å²) in [6, 6.07) is 2.37. The monoisotopic (exact) mass is 193 g/mol. The molecule has 0 fully saturated rings. The van der Waals surface area contributed by atoms with Gasteiger partial charge in [-0.2, -0.15) is 0 Å². The smallest absolute Gasteiger partial charge is 0.445 e. The first-order chi connectivity index (χ1) is 5.95. The number of hydrogen-bond acceptors (Lipinski definition) is 1. The summed E-state index contributed by atoms with van der Waals surface area (Å²) >= 11 is 0. The maximum Gasteiger partial charge on any atom is 0.512 e. The Labute approximate surface area is 72.1 Å². The van der Waals surface area contributed by atoms with Gasteiger partial charge in [0, 0.05) is 0 Å². The SMILES string of the molecule is OCc1ccc([B-](F)(F)F)c(F)c1. The molecule has 13 heavy (non-hydrogen) atoms. The fraction of sp³-hybridized carbons (Fsp3) is 0.143. The minimum Gasteiger partial charge on any atom is -0.445 e. The minimum absolute atomic E-state index is 0.126. The summed E-state index contributed by atoms with van der Waals surface area (Å²) in [6.07, 6.45) is 0. The van der Waals surface area contributed by atoms with Crippen molar-refractivity contribution in [2.75, 3.05) is 0 Å². The quantitative estimate of drug-likeness (QED) is 0.555. The summed E-state index contributed by atoms with van der Waals surface area (Å²) in [5, 5.41) is 8.51. The zero-order valence-corrected chi connectivity index (χ0v) is 6.48. The van der Waals surface area contributed by atoms with Crippen LogP contribution in [-0.2, 0) is 6.61 Å². The van der Waals surface area contributed by atoms with E-state index in [-0.39, 0.29) is 5.56 Å². The fourth-order valence-corrected chi connectivity index (χ4v) is 0.934. The molecule has 1 aromatic rings. The van der Waals surface area contributed by atoms with Crippen LogP contribution in [0.15, 0.2) is 18.2 Å². The highest BCUT2D eigenvalue weighted by Gasteiger charge is 2.28. The number of hydrogen-bond donors (Lipinski definition) is 1. The Balaban J connectivity index is 3.13. The van der Waals surface area contributed by atoms with Crippen LogP contribution in [0.5, 0.6) is 0 Å². The lowest BCUT2D eigenvalue weighted by Gasteiger charge is -2.15. The van der Waals surface area contributed by atoms with Crippen molar-refractivity contribution in [1.82, 2.24) is 0 Å². The van der Waals surface area contributed by atoms with E-state index in [0.717, 1.165) is 6.07 Å². The summed E-state index contributed by atoms with van der Waals surface area (Å²) in [4.78, 5) is 0. The molecule has 0 unspecified atom stereocenters. The Morgan fingerprint density at radius 2 is 1.85 bits per heavy atom. The molecule has 0 bridgehead atoms. The second-order valence-electron chi connectivity index (χ2n) is 2.59. The van der Waals surface area contributed by atoms with Crippen molar-refractivity contribution in [2.45, 2.75) is 6.61 Å². The highest BCUT2D eigenvalue weighted by Crippen LogP contribution is 2.12. The van der Waals surface area contributed by atoms with Crippen LogP contribution in [0.1, 0.15) is 5.56 Å². The molecule has 1 N–H and O–H groups in total. The molecular formula is C7H6BF4O-. The summed E-state index contributed by atoms with van der Waals surface area (Å²) < 4.78 is 48.9. The van der Waals surface area contributed by atoms with Crippen LogP contribution in [0.2, 0.25) is 0 Å². The van der Waals surface area contributed by atoms with Crippen molar-refractivity contribution in [2.24, 2.45) is 0 Å². The molecule has 0 aromatic heterocycles. The molecule has 72 valence electrons. The fourth-order valence-electron chi connectivity index (χ4n) is 0.934. The van der Waals surface area contributed by atoms with Gasteiger partial charge in [0.25, 0.3) is 0 Å². The maximum absolute atomic E-state index is 12.7. The molecule has 0 aliphatic heterocycles. The molecule has 0 radical (unpaired) electrons. The second kappa shape index (κ2) is 3.37. The van der Waals surface area contributed by atoms with Crippen LogP contribution in [0, 0.1) is 5.82 Å². The lowest BCUT2D eigenvalue weighted by atomic mass is 9.79. The Morgan fingerprint density at radius 1 is 1.23 bits per heavy atom. The third-order valence-corrected chi connectivity index (χ3v) is 1.60. The summed E-state index contributed by atoms with van der Waals surface area (Å²) in [6.45, 7) is -5.78. The van der Waals surface area contributed by atoms with Crippen molar-refractivity contribution in [1.29, 1.82) is 0 Å². The predicted octanol–water partition coefficient (Wildman–Crippen LogP) is 1.37. The summed E-state index contributed by atoms with van der Waals surface area (Å²) in [5.41, 5.74) is -1.13. The number of aliphatic hydroxyl groups excluding tert-OH is 1. The lowest BCUT2D eigenvalue weighted by Crippen LogP contribution is -2.36. The van der Waals surface area contributed by atoms with Crippen LogP contribution in [0.25, 0.3) is 0 Å². The maximum atomic E-state index is 12.7. The standard InChI is InChI=1S/C7H6BF4O/c9-7-3-5(4-13)1-2-6(7)8(10,11)12/h1-3,13H,4H2/q-1. The number of halogens is 4. The van der Waals surface area contributed by atoms with Gasteiger partial charge in [-0.1, -0.05) is 17.6 Å². The van der Waals surface area contributed by atoms with Crippen molar-refractivity contribution in [3.05, 3.63) is 29.6 Å². The van der Waals surface area contributed by atoms with E-state index in [2.05, 4.69) is 0 Å². The van der Waals surface area contributed by atoms with Gasteiger partial charge in [0.2, 0.25) is 0 Å². The third kappa shape index (κ3) is 2.21. The van der Waals surface area contributed by atoms with E-state index >= 15 is 0 Å². The van der Waals surface area contributed by atoms with Gasteiger partial charge >= 0.3 is 6.98 Å². The van der Waals surface area contributed by atoms with Crippen molar-refractivity contribution >= 4 is 12.4 Å². The average Bonchev–Trinajstić information content (AvgIpc) is 2.01. The second-order valence-corrected chi connectivity index (χ2v) is 2.59. The molecule has 0 atom stereocenters. The van der Waals surface area contributed by atoms with E-state index in [4.69, 9.17) is 5.11 Å². The molecule has 1 rings (SSSR count). The van der Waals surface area contributed by atoms with Crippen molar-refractivity contribution in [3.8, 4) is 0 Å². The number of benzene rings is 1. The zero-order valence-electron chi connectivity index (χ0n) is 6.48. The molecule has 1 aromatic carbocycles. The van der Waals surface area contributed by atoms with E-state index in [0.29, 0.717) is 12.1 Å². The normalized spacial score (nSPS) is 11.8. The van der Waals surface area contributed by atoms with E-state index in [1.807, 2.05) is 0 Å². The minimum atomic E-state index is -5.31. The third-order valence-electron chi connectivity index (χ3n) is 1.60. The topological polar surface area (TPSA) is 20.2 Å². The predicted molar refractivity (Wildman–Crippen MR) is 41.0 cm³/mol. The van der Waals surface area contributed by atoms with Gasteiger partial charge < -0.3 is 18.1 Å². The Kier molecular flexibility index (Phi) is 2.61. The van der Waals surface area contributed by atoms with E-state index < -0.39 is 24.9 Å². The Hall–Kier alpha value is -1.04. The van der Waals surface area contributed by atoms with Gasteiger partial charge in [0.05, 0.1) is 12.4 Å². The van der Waals surface area contributed by atoms with Gasteiger partial charge in [0.1, 0.15) is 0 Å². The summed E-state index contributed by atoms with van der Waals surface area (Å²) in [5.74, 6) is -1.33. The van der Waals surface area contributed by atoms with Crippen molar-refractivity contribution in [3.63, 3.8) is 0 Å². The van der Waals surface area contributed by atoms with Gasteiger partial charge in [-0.05, 0) is 11.6 Å². The van der Waals surface area contributed by atoms with Gasteiger partial charge in [-0.3, -0.25) is 0 Å². The molecule has 0 saturated carbocycles. The molecule has 0 aliphatic carbocycles. The van der Waals surface area contributed by atoms with Gasteiger partial charge in [-0.15, -0.1) is 0 Å².